The molecule has 2 heterocycles. The van der Waals surface area contributed by atoms with E-state index in [1.807, 2.05) is 0 Å². The van der Waals surface area contributed by atoms with Crippen molar-refractivity contribution < 1.29 is 68.8 Å². The van der Waals surface area contributed by atoms with Gasteiger partial charge in [0.25, 0.3) is 0 Å². The van der Waals surface area contributed by atoms with Crippen molar-refractivity contribution >= 4 is 7.82 Å². The summed E-state index contributed by atoms with van der Waals surface area (Å²) in [5.41, 5.74) is 0. The second-order valence-electron chi connectivity index (χ2n) is 6.16. The molecule has 0 saturated carbocycles. The van der Waals surface area contributed by atoms with Crippen molar-refractivity contribution in [2.24, 2.45) is 0 Å². The first kappa shape index (κ1) is 23.0. The van der Waals surface area contributed by atoms with Crippen LogP contribution in [0.5, 0.6) is 0 Å². The summed E-state index contributed by atoms with van der Waals surface area (Å²) in [6, 6.07) is 0. The third kappa shape index (κ3) is 4.83. The zero-order valence-corrected chi connectivity index (χ0v) is 14.6. The largest absolute Gasteiger partial charge is 0.469 e. The molecule has 0 aromatic rings. The SMILES string of the molecule is O=P(O)(O)OC[C@H]1O[C@](CO)(O[C@H]2O[C@@H](CO)[C@H](O)[C@@H](O)[C@@H]2O)[C@H](O)[C@H]1O. The fourth-order valence-electron chi connectivity index (χ4n) is 2.79. The van der Waals surface area contributed by atoms with Crippen LogP contribution in [0, 0.1) is 0 Å². The van der Waals surface area contributed by atoms with E-state index in [-0.39, 0.29) is 0 Å². The summed E-state index contributed by atoms with van der Waals surface area (Å²) in [5.74, 6) is -2.42. The molecule has 0 amide bonds. The smallest absolute Gasteiger partial charge is 0.394 e. The van der Waals surface area contributed by atoms with Crippen LogP contribution >= 0.6 is 7.82 Å². The third-order valence-electron chi connectivity index (χ3n) is 4.30. The van der Waals surface area contributed by atoms with E-state index in [4.69, 9.17) is 29.1 Å². The molecule has 15 heteroatoms. The lowest BCUT2D eigenvalue weighted by Gasteiger charge is -2.43. The van der Waals surface area contributed by atoms with Gasteiger partial charge in [0.15, 0.2) is 6.29 Å². The van der Waals surface area contributed by atoms with Gasteiger partial charge in [0.1, 0.15) is 49.3 Å². The molecule has 0 aromatic carbocycles. The number of ether oxygens (including phenoxy) is 3. The molecular formula is C12H23O14P. The highest BCUT2D eigenvalue weighted by molar-refractivity contribution is 7.46. The predicted octanol–water partition coefficient (Wildman–Crippen LogP) is -5.28. The maximum atomic E-state index is 10.8. The highest BCUT2D eigenvalue weighted by Gasteiger charge is 2.58. The van der Waals surface area contributed by atoms with E-state index in [0.29, 0.717) is 0 Å². The molecule has 2 fully saturated rings. The minimum atomic E-state index is -4.92. The second-order valence-corrected chi connectivity index (χ2v) is 7.40. The molecule has 2 aliphatic rings. The molecule has 0 radical (unpaired) electrons. The number of hydrogen-bond acceptors (Lipinski definition) is 12. The lowest BCUT2D eigenvalue weighted by molar-refractivity contribution is -0.383. The van der Waals surface area contributed by atoms with Crippen LogP contribution in [-0.4, -0.2) is 120 Å². The van der Waals surface area contributed by atoms with Crippen LogP contribution in [0.25, 0.3) is 0 Å². The Balaban J connectivity index is 2.15. The minimum Gasteiger partial charge on any atom is -0.394 e. The molecule has 160 valence electrons. The summed E-state index contributed by atoms with van der Waals surface area (Å²) < 4.78 is 30.4. The van der Waals surface area contributed by atoms with Gasteiger partial charge in [-0.05, 0) is 0 Å². The zero-order chi connectivity index (χ0) is 20.6. The number of phosphoric acid groups is 1. The Kier molecular flexibility index (Phi) is 7.33. The Labute approximate surface area is 152 Å². The average molecular weight is 422 g/mol. The Morgan fingerprint density at radius 2 is 1.56 bits per heavy atom. The predicted molar refractivity (Wildman–Crippen MR) is 79.6 cm³/mol. The molecule has 9 atom stereocenters. The molecule has 0 aliphatic carbocycles. The normalized spacial score (nSPS) is 46.0. The highest BCUT2D eigenvalue weighted by Crippen LogP contribution is 2.40. The third-order valence-corrected chi connectivity index (χ3v) is 4.78. The zero-order valence-electron chi connectivity index (χ0n) is 13.8. The fraction of sp³-hybridized carbons (Fsp3) is 1.00. The van der Waals surface area contributed by atoms with Gasteiger partial charge in [0.2, 0.25) is 5.79 Å². The lowest BCUT2D eigenvalue weighted by atomic mass is 9.99. The van der Waals surface area contributed by atoms with E-state index in [1.165, 1.54) is 0 Å². The second kappa shape index (κ2) is 8.61. The van der Waals surface area contributed by atoms with E-state index < -0.39 is 82.4 Å². The first-order valence-electron chi connectivity index (χ1n) is 7.79. The molecular weight excluding hydrogens is 399 g/mol. The maximum absolute atomic E-state index is 10.8. The van der Waals surface area contributed by atoms with Gasteiger partial charge in [-0.15, -0.1) is 0 Å². The van der Waals surface area contributed by atoms with Crippen LogP contribution in [0.3, 0.4) is 0 Å². The highest BCUT2D eigenvalue weighted by atomic mass is 31.2. The molecule has 0 spiro atoms. The summed E-state index contributed by atoms with van der Waals surface area (Å²) >= 11 is 0. The summed E-state index contributed by atoms with van der Waals surface area (Å²) in [7, 11) is -4.92. The van der Waals surface area contributed by atoms with Gasteiger partial charge >= 0.3 is 7.82 Å². The summed E-state index contributed by atoms with van der Waals surface area (Å²) in [6.45, 7) is -2.74. The van der Waals surface area contributed by atoms with E-state index in [9.17, 15) is 35.2 Å². The summed E-state index contributed by atoms with van der Waals surface area (Å²) in [5, 5.41) is 68.3. The van der Waals surface area contributed by atoms with E-state index in [0.717, 1.165) is 0 Å². The van der Waals surface area contributed by atoms with Gasteiger partial charge in [-0.3, -0.25) is 4.52 Å². The maximum Gasteiger partial charge on any atom is 0.469 e. The van der Waals surface area contributed by atoms with E-state index in [2.05, 4.69) is 4.52 Å². The van der Waals surface area contributed by atoms with Crippen LogP contribution < -0.4 is 0 Å². The van der Waals surface area contributed by atoms with Gasteiger partial charge in [-0.2, -0.15) is 0 Å². The van der Waals surface area contributed by atoms with Crippen LogP contribution in [0.1, 0.15) is 0 Å². The average Bonchev–Trinajstić information content (AvgIpc) is 2.85. The Hall–Kier alpha value is -0.290. The molecule has 27 heavy (non-hydrogen) atoms. The van der Waals surface area contributed by atoms with Crippen molar-refractivity contribution in [3.63, 3.8) is 0 Å². The van der Waals surface area contributed by atoms with Gasteiger partial charge < -0.3 is 59.7 Å². The molecule has 2 aliphatic heterocycles. The Morgan fingerprint density at radius 3 is 2.07 bits per heavy atom. The van der Waals surface area contributed by atoms with Gasteiger partial charge in [-0.25, -0.2) is 4.57 Å². The molecule has 0 bridgehead atoms. The van der Waals surface area contributed by atoms with Crippen LogP contribution in [-0.2, 0) is 23.3 Å². The summed E-state index contributed by atoms with van der Waals surface area (Å²) in [6.07, 6.45) is -13.9. The van der Waals surface area contributed by atoms with E-state index in [1.54, 1.807) is 0 Å². The number of aliphatic hydroxyl groups excluding tert-OH is 7. The quantitative estimate of drug-likeness (QED) is 0.174. The van der Waals surface area contributed by atoms with Crippen molar-refractivity contribution in [2.75, 3.05) is 19.8 Å². The van der Waals surface area contributed by atoms with Crippen molar-refractivity contribution in [3.05, 3.63) is 0 Å². The molecule has 0 unspecified atom stereocenters. The minimum absolute atomic E-state index is 0.762. The molecule has 2 saturated heterocycles. The fourth-order valence-corrected chi connectivity index (χ4v) is 3.13. The number of hydrogen-bond donors (Lipinski definition) is 9. The van der Waals surface area contributed by atoms with Gasteiger partial charge in [-0.1, -0.05) is 0 Å². The first-order valence-corrected chi connectivity index (χ1v) is 9.32. The van der Waals surface area contributed by atoms with E-state index >= 15 is 0 Å². The molecule has 9 N–H and O–H groups in total. The number of rotatable bonds is 7. The van der Waals surface area contributed by atoms with Crippen molar-refractivity contribution in [1.82, 2.24) is 0 Å². The molecule has 14 nitrogen and oxygen atoms in total. The monoisotopic (exact) mass is 422 g/mol. The molecule has 2 rings (SSSR count). The van der Waals surface area contributed by atoms with Gasteiger partial charge in [0.05, 0.1) is 13.2 Å². The van der Waals surface area contributed by atoms with Crippen molar-refractivity contribution in [1.29, 1.82) is 0 Å². The Bertz CT molecular complexity index is 540. The first-order chi connectivity index (χ1) is 12.5. The number of aliphatic hydroxyl groups is 7. The van der Waals surface area contributed by atoms with Crippen LogP contribution in [0.2, 0.25) is 0 Å². The van der Waals surface area contributed by atoms with Crippen LogP contribution in [0.4, 0.5) is 0 Å². The standard InChI is InChI=1S/C12H23O14P/c13-1-4-6(15)8(17)9(18)11(24-4)26-12(3-14)10(19)7(16)5(25-12)2-23-27(20,21)22/h4-11,13-19H,1-3H2,(H2,20,21,22)/t4-,5+,6-,7-,8+,9-,10+,11+,12+/m0/s1. The topological polar surface area (TPSA) is 236 Å². The van der Waals surface area contributed by atoms with Crippen LogP contribution in [0.15, 0.2) is 0 Å². The molecule has 0 aromatic heterocycles. The van der Waals surface area contributed by atoms with Crippen molar-refractivity contribution in [3.8, 4) is 0 Å². The lowest BCUT2D eigenvalue weighted by Crippen LogP contribution is -2.62. The van der Waals surface area contributed by atoms with Gasteiger partial charge in [0, 0.05) is 0 Å². The Morgan fingerprint density at radius 1 is 0.926 bits per heavy atom. The number of phosphoric ester groups is 1. The van der Waals surface area contributed by atoms with Crippen molar-refractivity contribution in [2.45, 2.75) is 54.8 Å². The summed E-state index contributed by atoms with van der Waals surface area (Å²) in [4.78, 5) is 17.4.